The molecule has 3 N–H and O–H groups in total. The zero-order valence-electron chi connectivity index (χ0n) is 21.6. The Kier molecular flexibility index (Phi) is 10.1. The second-order valence-corrected chi connectivity index (χ2v) is 10.1. The van der Waals surface area contributed by atoms with E-state index in [9.17, 15) is 18.9 Å². The zero-order chi connectivity index (χ0) is 27.6. The molecule has 1 atom stereocenters. The van der Waals surface area contributed by atoms with Gasteiger partial charge in [0, 0.05) is 6.04 Å². The van der Waals surface area contributed by atoms with Gasteiger partial charge >= 0.3 is 5.97 Å². The van der Waals surface area contributed by atoms with Gasteiger partial charge in [0.2, 0.25) is 17.2 Å². The monoisotopic (exact) mass is 552 g/mol. The van der Waals surface area contributed by atoms with Crippen molar-refractivity contribution >= 4 is 28.8 Å². The summed E-state index contributed by atoms with van der Waals surface area (Å²) in [6, 6.07) is 21.0. The Morgan fingerprint density at radius 3 is 2.15 bits per heavy atom. The maximum Gasteiger partial charge on any atom is 0.337 e. The summed E-state index contributed by atoms with van der Waals surface area (Å²) >= 11 is -1.44. The first kappa shape index (κ1) is 28.3. The fourth-order valence-corrected chi connectivity index (χ4v) is 5.11. The van der Waals surface area contributed by atoms with E-state index in [4.69, 9.17) is 13.7 Å². The molecule has 0 bridgehead atoms. The van der Waals surface area contributed by atoms with Gasteiger partial charge in [-0.1, -0.05) is 24.3 Å². The van der Waals surface area contributed by atoms with Crippen molar-refractivity contribution in [2.45, 2.75) is 51.2 Å². The van der Waals surface area contributed by atoms with Gasteiger partial charge < -0.3 is 19.9 Å². The number of ether oxygens (including phenoxy) is 2. The number of amides is 1. The molecule has 1 aliphatic carbocycles. The van der Waals surface area contributed by atoms with Crippen LogP contribution in [-0.2, 0) is 26.7 Å². The van der Waals surface area contributed by atoms with E-state index in [1.807, 2.05) is 31.2 Å². The summed E-state index contributed by atoms with van der Waals surface area (Å²) in [7, 11) is 0. The van der Waals surface area contributed by atoms with Gasteiger partial charge in [-0.05, 0) is 86.7 Å². The molecule has 9 nitrogen and oxygen atoms in total. The number of nitrogens with one attached hydrogen (secondary N) is 2. The molecule has 1 saturated carbocycles. The fraction of sp³-hybridized carbons (Fsp3) is 0.310. The van der Waals surface area contributed by atoms with Gasteiger partial charge in [0.1, 0.15) is 17.2 Å². The van der Waals surface area contributed by atoms with Crippen molar-refractivity contribution in [2.24, 2.45) is 0 Å². The molecule has 4 rings (SSSR count). The van der Waals surface area contributed by atoms with Gasteiger partial charge in [-0.25, -0.2) is 13.7 Å². The Morgan fingerprint density at radius 1 is 0.897 bits per heavy atom. The average Bonchev–Trinajstić information content (AvgIpc) is 2.92. The Bertz CT molecular complexity index is 1270. The van der Waals surface area contributed by atoms with E-state index in [1.165, 1.54) is 6.07 Å². The minimum Gasteiger partial charge on any atom is -0.490 e. The number of rotatable bonds is 12. The number of carbonyl (C=O) groups is 2. The van der Waals surface area contributed by atoms with E-state index >= 15 is 0 Å². The molecule has 1 amide bonds. The van der Waals surface area contributed by atoms with Gasteiger partial charge in [-0.3, -0.25) is 8.98 Å². The maximum absolute atomic E-state index is 12.4. The number of hydrogen-bond donors (Lipinski definition) is 3. The molecule has 0 aromatic heterocycles. The molecule has 0 saturated heterocycles. The molecule has 0 radical (unpaired) electrons. The third-order valence-corrected chi connectivity index (χ3v) is 7.22. The molecule has 10 heteroatoms. The van der Waals surface area contributed by atoms with Crippen molar-refractivity contribution in [3.63, 3.8) is 0 Å². The lowest BCUT2D eigenvalue weighted by atomic mass is 9.94. The van der Waals surface area contributed by atoms with Crippen molar-refractivity contribution in [1.82, 2.24) is 4.72 Å². The number of carboxylic acid groups (broad SMARTS) is 1. The molecule has 3 aromatic carbocycles. The summed E-state index contributed by atoms with van der Waals surface area (Å²) in [6.07, 6.45) is 3.70. The first-order valence-corrected chi connectivity index (χ1v) is 13.9. The average molecular weight is 553 g/mol. The number of anilines is 1. The Hall–Kier alpha value is -3.73. The van der Waals surface area contributed by atoms with E-state index in [-0.39, 0.29) is 35.7 Å². The van der Waals surface area contributed by atoms with Crippen molar-refractivity contribution in [1.29, 1.82) is 0 Å². The predicted molar refractivity (Wildman–Crippen MR) is 148 cm³/mol. The second kappa shape index (κ2) is 13.9. The molecule has 1 unspecified atom stereocenters. The maximum atomic E-state index is 12.4. The summed E-state index contributed by atoms with van der Waals surface area (Å²) in [5.74, 6) is 0.643. The number of aromatic carboxylic acids is 1. The van der Waals surface area contributed by atoms with E-state index in [0.717, 1.165) is 37.0 Å². The van der Waals surface area contributed by atoms with E-state index in [2.05, 4.69) is 10.0 Å². The van der Waals surface area contributed by atoms with Crippen molar-refractivity contribution in [2.75, 3.05) is 11.9 Å². The Labute approximate surface area is 230 Å². The van der Waals surface area contributed by atoms with Crippen LogP contribution in [0.1, 0.15) is 48.5 Å². The summed E-state index contributed by atoms with van der Waals surface area (Å²) in [5.41, 5.74) is 1.08. The topological polar surface area (TPSA) is 123 Å². The van der Waals surface area contributed by atoms with Crippen LogP contribution in [0.5, 0.6) is 17.2 Å². The van der Waals surface area contributed by atoms with Crippen LogP contribution in [0.15, 0.2) is 72.8 Å². The first-order chi connectivity index (χ1) is 18.9. The lowest BCUT2D eigenvalue weighted by Gasteiger charge is -2.29. The molecule has 3 aromatic rings. The number of hydrogen-bond acceptors (Lipinski definition) is 6. The van der Waals surface area contributed by atoms with Crippen LogP contribution in [0.25, 0.3) is 0 Å². The minimum atomic E-state index is -1.44. The van der Waals surface area contributed by atoms with Gasteiger partial charge in [-0.2, -0.15) is 0 Å². The van der Waals surface area contributed by atoms with E-state index in [1.54, 1.807) is 42.5 Å². The third kappa shape index (κ3) is 8.64. The molecular formula is C29H32N2O7S. The highest BCUT2D eigenvalue weighted by molar-refractivity contribution is 7.78. The molecular weight excluding hydrogens is 520 g/mol. The van der Waals surface area contributed by atoms with Crippen molar-refractivity contribution < 1.29 is 32.6 Å². The molecule has 0 spiro atoms. The lowest BCUT2D eigenvalue weighted by molar-refractivity contribution is -0.115. The molecule has 1 aliphatic rings. The Balaban J connectivity index is 1.23. The number of para-hydroxylation sites is 1. The van der Waals surface area contributed by atoms with E-state index in [0.29, 0.717) is 18.1 Å². The van der Waals surface area contributed by atoms with Gasteiger partial charge in [-0.15, -0.1) is 0 Å². The summed E-state index contributed by atoms with van der Waals surface area (Å²) in [6.45, 7) is 2.23. The van der Waals surface area contributed by atoms with Gasteiger partial charge in [0.25, 0.3) is 0 Å². The molecule has 0 heterocycles. The molecule has 1 fully saturated rings. The van der Waals surface area contributed by atoms with Crippen LogP contribution < -0.4 is 19.5 Å². The smallest absolute Gasteiger partial charge is 0.337 e. The predicted octanol–water partition coefficient (Wildman–Crippen LogP) is 5.25. The summed E-state index contributed by atoms with van der Waals surface area (Å²) < 4.78 is 31.8. The molecule has 39 heavy (non-hydrogen) atoms. The SMILES string of the molecule is CCOS(=O)NC1CCC(Oc2ccc(Oc3ccc(CC(=O)Nc4ccccc4C(=O)O)cc3)cc2)CC1. The fourth-order valence-electron chi connectivity index (χ4n) is 4.32. The largest absolute Gasteiger partial charge is 0.490 e. The normalized spacial score (nSPS) is 17.7. The molecule has 0 aliphatic heterocycles. The highest BCUT2D eigenvalue weighted by Gasteiger charge is 2.23. The van der Waals surface area contributed by atoms with Crippen LogP contribution in [0.3, 0.4) is 0 Å². The minimum absolute atomic E-state index is 0.0443. The Morgan fingerprint density at radius 2 is 1.51 bits per heavy atom. The van der Waals surface area contributed by atoms with Crippen LogP contribution in [0, 0.1) is 0 Å². The van der Waals surface area contributed by atoms with E-state index < -0.39 is 17.2 Å². The van der Waals surface area contributed by atoms with Crippen LogP contribution in [0.4, 0.5) is 5.69 Å². The van der Waals surface area contributed by atoms with Gasteiger partial charge in [0.05, 0.1) is 30.4 Å². The van der Waals surface area contributed by atoms with Crippen LogP contribution in [0.2, 0.25) is 0 Å². The van der Waals surface area contributed by atoms with Crippen molar-refractivity contribution in [3.8, 4) is 17.2 Å². The van der Waals surface area contributed by atoms with Crippen LogP contribution >= 0.6 is 0 Å². The molecule has 206 valence electrons. The van der Waals surface area contributed by atoms with Gasteiger partial charge in [0.15, 0.2) is 0 Å². The van der Waals surface area contributed by atoms with Crippen LogP contribution in [-0.4, -0.2) is 39.9 Å². The quantitative estimate of drug-likeness (QED) is 0.280. The summed E-state index contributed by atoms with van der Waals surface area (Å²) in [4.78, 5) is 23.8. The number of carbonyl (C=O) groups excluding carboxylic acids is 1. The second-order valence-electron chi connectivity index (χ2n) is 9.14. The zero-order valence-corrected chi connectivity index (χ0v) is 22.4. The van der Waals surface area contributed by atoms with Crippen molar-refractivity contribution in [3.05, 3.63) is 83.9 Å². The summed E-state index contributed by atoms with van der Waals surface area (Å²) in [5, 5.41) is 11.9. The highest BCUT2D eigenvalue weighted by Crippen LogP contribution is 2.28. The third-order valence-electron chi connectivity index (χ3n) is 6.24. The number of carboxylic acids is 1. The standard InChI is InChI=1S/C29H32N2O7S/c1-2-36-39(35)31-21-9-13-23(14-10-21)38-25-17-15-24(16-18-25)37-22-11-7-20(8-12-22)19-28(32)30-27-6-4-3-5-26(27)29(33)34/h3-8,11-12,15-18,21,23,31H,2,9-10,13-14,19H2,1H3,(H,30,32)(H,33,34). The number of benzene rings is 3. The highest BCUT2D eigenvalue weighted by atomic mass is 32.2. The lowest BCUT2D eigenvalue weighted by Crippen LogP contribution is -2.37. The first-order valence-electron chi connectivity index (χ1n) is 12.9.